The maximum absolute atomic E-state index is 13.0. The summed E-state index contributed by atoms with van der Waals surface area (Å²) in [5, 5.41) is 26.0. The second kappa shape index (κ2) is 11.1. The van der Waals surface area contributed by atoms with Gasteiger partial charge in [-0.1, -0.05) is 30.3 Å². The highest BCUT2D eigenvalue weighted by atomic mass is 32.1. The van der Waals surface area contributed by atoms with Gasteiger partial charge in [0.2, 0.25) is 17.5 Å². The number of thiol groups is 1. The molecule has 0 aromatic heterocycles. The fraction of sp³-hybridized carbons (Fsp3) is 0.286. The van der Waals surface area contributed by atoms with Crippen molar-refractivity contribution >= 4 is 41.8 Å². The Morgan fingerprint density at radius 3 is 2.25 bits per heavy atom. The van der Waals surface area contributed by atoms with Crippen LogP contribution in [0.2, 0.25) is 0 Å². The Labute approximate surface area is 189 Å². The van der Waals surface area contributed by atoms with Crippen LogP contribution in [0.15, 0.2) is 54.6 Å². The fourth-order valence-corrected chi connectivity index (χ4v) is 3.34. The third kappa shape index (κ3) is 6.71. The van der Waals surface area contributed by atoms with Crippen LogP contribution in [-0.2, 0) is 20.8 Å². The third-order valence-corrected chi connectivity index (χ3v) is 5.24. The average Bonchev–Trinajstić information content (AvgIpc) is 2.76. The molecule has 1 unspecified atom stereocenters. The monoisotopic (exact) mass is 460 g/mol. The number of amides is 2. The minimum atomic E-state index is -2.07. The van der Waals surface area contributed by atoms with Gasteiger partial charge in [-0.25, -0.2) is 4.79 Å². The Bertz CT molecular complexity index is 970. The summed E-state index contributed by atoms with van der Waals surface area (Å²) in [6.07, 6.45) is -0.332. The molecule has 0 spiro atoms. The number of aliphatic carboxylic acids is 1. The lowest BCUT2D eigenvalue weighted by molar-refractivity contribution is -0.384. The number of carbonyl (C=O) groups excluding carboxylic acids is 2. The molecule has 0 aliphatic carbocycles. The number of rotatable bonds is 12. The van der Waals surface area contributed by atoms with Gasteiger partial charge in [0, 0.05) is 36.4 Å². The van der Waals surface area contributed by atoms with Crippen LogP contribution in [0, 0.1) is 16.0 Å². The first-order valence-electron chi connectivity index (χ1n) is 9.68. The zero-order valence-corrected chi connectivity index (χ0v) is 18.0. The maximum Gasteiger partial charge on any atom is 0.350 e. The number of anilines is 1. The van der Waals surface area contributed by atoms with Crippen molar-refractivity contribution in [1.29, 1.82) is 0 Å². The Hall–Kier alpha value is -3.60. The van der Waals surface area contributed by atoms with Gasteiger partial charge in [-0.05, 0) is 24.1 Å². The van der Waals surface area contributed by atoms with Crippen LogP contribution >= 0.6 is 12.6 Å². The van der Waals surface area contributed by atoms with Crippen LogP contribution in [0.5, 0.6) is 0 Å². The number of primary amides is 1. The van der Waals surface area contributed by atoms with E-state index in [2.05, 4.69) is 23.3 Å². The van der Waals surface area contributed by atoms with Crippen molar-refractivity contribution in [3.8, 4) is 0 Å². The van der Waals surface area contributed by atoms with Crippen molar-refractivity contribution in [2.24, 2.45) is 11.7 Å². The maximum atomic E-state index is 13.0. The second-order valence-corrected chi connectivity index (χ2v) is 7.53. The molecular weight excluding hydrogens is 436 g/mol. The second-order valence-electron chi connectivity index (χ2n) is 7.16. The Balaban J connectivity index is 2.31. The first kappa shape index (κ1) is 24.7. The molecule has 0 saturated heterocycles. The topological polar surface area (TPSA) is 165 Å². The average molecular weight is 461 g/mol. The number of benzene rings is 2. The molecule has 2 aromatic carbocycles. The lowest BCUT2D eigenvalue weighted by Crippen LogP contribution is -2.61. The lowest BCUT2D eigenvalue weighted by Gasteiger charge is -2.33. The number of nitrogens with one attached hydrogen (secondary N) is 2. The van der Waals surface area contributed by atoms with Crippen molar-refractivity contribution in [1.82, 2.24) is 5.32 Å². The molecule has 2 atom stereocenters. The van der Waals surface area contributed by atoms with Crippen molar-refractivity contribution in [2.75, 3.05) is 11.1 Å². The minimum Gasteiger partial charge on any atom is -0.478 e. The van der Waals surface area contributed by atoms with Crippen molar-refractivity contribution in [3.63, 3.8) is 0 Å². The zero-order chi connectivity index (χ0) is 23.7. The van der Waals surface area contributed by atoms with Gasteiger partial charge in [-0.15, -0.1) is 0 Å². The first-order valence-corrected chi connectivity index (χ1v) is 10.3. The smallest absolute Gasteiger partial charge is 0.350 e. The van der Waals surface area contributed by atoms with E-state index in [4.69, 9.17) is 5.73 Å². The summed E-state index contributed by atoms with van der Waals surface area (Å²) >= 11 is 4.23. The summed E-state index contributed by atoms with van der Waals surface area (Å²) in [5.41, 5.74) is 4.03. The molecule has 2 aromatic rings. The molecule has 0 fully saturated rings. The zero-order valence-electron chi connectivity index (χ0n) is 17.1. The van der Waals surface area contributed by atoms with Crippen molar-refractivity contribution in [3.05, 3.63) is 70.3 Å². The van der Waals surface area contributed by atoms with Gasteiger partial charge >= 0.3 is 5.97 Å². The summed E-state index contributed by atoms with van der Waals surface area (Å²) in [4.78, 5) is 46.9. The van der Waals surface area contributed by atoms with E-state index in [1.54, 1.807) is 0 Å². The molecule has 0 heterocycles. The number of nitrogens with zero attached hydrogens (tertiary/aromatic N) is 1. The van der Waals surface area contributed by atoms with E-state index >= 15 is 0 Å². The van der Waals surface area contributed by atoms with Crippen LogP contribution in [0.3, 0.4) is 0 Å². The van der Waals surface area contributed by atoms with Crippen LogP contribution in [-0.4, -0.2) is 39.2 Å². The SMILES string of the molecule is NC(=O)CC[C@@](NC(=O)C(CS)Cc1ccccc1)(Nc1ccc([N+](=O)[O-])cc1)C(=O)O. The molecule has 5 N–H and O–H groups in total. The largest absolute Gasteiger partial charge is 0.478 e. The molecule has 0 aliphatic heterocycles. The molecule has 0 saturated carbocycles. The molecule has 2 amide bonds. The standard InChI is InChI=1S/C21H24N4O6S/c22-18(26)10-11-21(20(28)29,23-16-6-8-17(9-7-16)25(30)31)24-19(27)15(13-32)12-14-4-2-1-3-5-14/h1-9,15,23,32H,10-13H2,(H2,22,26)(H,24,27)(H,28,29)/t15?,21-/m0/s1. The van der Waals surface area contributed by atoms with Crippen molar-refractivity contribution in [2.45, 2.75) is 24.9 Å². The number of nitro groups is 1. The fourth-order valence-electron chi connectivity index (χ4n) is 3.04. The Kier molecular flexibility index (Phi) is 8.59. The Morgan fingerprint density at radius 2 is 1.75 bits per heavy atom. The van der Waals surface area contributed by atoms with Crippen LogP contribution in [0.25, 0.3) is 0 Å². The van der Waals surface area contributed by atoms with Gasteiger partial charge in [-0.2, -0.15) is 12.6 Å². The summed E-state index contributed by atoms with van der Waals surface area (Å²) in [7, 11) is 0. The number of nitrogens with two attached hydrogens (primary N) is 1. The molecule has 10 nitrogen and oxygen atoms in total. The van der Waals surface area contributed by atoms with E-state index in [0.29, 0.717) is 6.42 Å². The third-order valence-electron chi connectivity index (χ3n) is 4.80. The van der Waals surface area contributed by atoms with Gasteiger partial charge in [0.15, 0.2) is 0 Å². The first-order chi connectivity index (χ1) is 15.2. The van der Waals surface area contributed by atoms with E-state index in [-0.39, 0.29) is 30.0 Å². The van der Waals surface area contributed by atoms with E-state index < -0.39 is 34.3 Å². The molecule has 32 heavy (non-hydrogen) atoms. The van der Waals surface area contributed by atoms with Gasteiger partial charge in [0.05, 0.1) is 10.8 Å². The highest BCUT2D eigenvalue weighted by Gasteiger charge is 2.41. The quantitative estimate of drug-likeness (QED) is 0.140. The van der Waals surface area contributed by atoms with Gasteiger partial charge < -0.3 is 21.5 Å². The molecule has 170 valence electrons. The number of carboxylic acids is 1. The van der Waals surface area contributed by atoms with E-state index in [1.807, 2.05) is 30.3 Å². The summed E-state index contributed by atoms with van der Waals surface area (Å²) in [5.74, 6) is -3.26. The predicted octanol–water partition coefficient (Wildman–Crippen LogP) is 1.96. The van der Waals surface area contributed by atoms with Gasteiger partial charge in [0.25, 0.3) is 5.69 Å². The van der Waals surface area contributed by atoms with Crippen LogP contribution < -0.4 is 16.4 Å². The highest BCUT2D eigenvalue weighted by Crippen LogP contribution is 2.23. The van der Waals surface area contributed by atoms with E-state index in [0.717, 1.165) is 5.56 Å². The normalized spacial score (nSPS) is 13.4. The summed E-state index contributed by atoms with van der Waals surface area (Å²) in [6.45, 7) is 0. The van der Waals surface area contributed by atoms with E-state index in [9.17, 15) is 29.6 Å². The predicted molar refractivity (Wildman–Crippen MR) is 121 cm³/mol. The lowest BCUT2D eigenvalue weighted by atomic mass is 9.97. The minimum absolute atomic E-state index is 0.157. The summed E-state index contributed by atoms with van der Waals surface area (Å²) < 4.78 is 0. The number of carbonyl (C=O) groups is 3. The Morgan fingerprint density at radius 1 is 1.12 bits per heavy atom. The van der Waals surface area contributed by atoms with Gasteiger partial charge in [0.1, 0.15) is 0 Å². The molecular formula is C21H24N4O6S. The number of carboxylic acid groups (broad SMARTS) is 1. The molecule has 11 heteroatoms. The van der Waals surface area contributed by atoms with Gasteiger partial charge in [-0.3, -0.25) is 19.7 Å². The number of nitro benzene ring substituents is 1. The molecule has 0 aliphatic rings. The highest BCUT2D eigenvalue weighted by molar-refractivity contribution is 7.80. The molecule has 0 radical (unpaired) electrons. The van der Waals surface area contributed by atoms with Crippen LogP contribution in [0.4, 0.5) is 11.4 Å². The summed E-state index contributed by atoms with van der Waals surface area (Å²) in [6, 6.07) is 14.2. The van der Waals surface area contributed by atoms with Crippen molar-refractivity contribution < 1.29 is 24.4 Å². The number of non-ortho nitro benzene ring substituents is 1. The number of hydrogen-bond donors (Lipinski definition) is 5. The molecule has 2 rings (SSSR count). The number of hydrogen-bond acceptors (Lipinski definition) is 7. The van der Waals surface area contributed by atoms with E-state index in [1.165, 1.54) is 24.3 Å². The molecule has 0 bridgehead atoms. The van der Waals surface area contributed by atoms with Crippen LogP contribution in [0.1, 0.15) is 18.4 Å².